The van der Waals surface area contributed by atoms with Crippen molar-refractivity contribution < 1.29 is 101 Å². The van der Waals surface area contributed by atoms with Crippen LogP contribution in [0.25, 0.3) is 0 Å². The number of phenols is 2. The van der Waals surface area contributed by atoms with E-state index in [0.29, 0.717) is 12.8 Å². The summed E-state index contributed by atoms with van der Waals surface area (Å²) >= 11 is 0. The zero-order valence-electron chi connectivity index (χ0n) is 48.9. The molecule has 0 aromatic heterocycles. The number of fused-ring (bicyclic) bond motifs is 7. The third kappa shape index (κ3) is 10.8. The number of ether oxygens (including phenoxy) is 14. The van der Waals surface area contributed by atoms with Crippen molar-refractivity contribution in [1.82, 2.24) is 9.80 Å². The Morgan fingerprint density at radius 1 is 0.566 bits per heavy atom. The average Bonchev–Trinajstić information content (AvgIpc) is 1.44. The van der Waals surface area contributed by atoms with Crippen LogP contribution in [0.4, 0.5) is 0 Å². The molecule has 8 heterocycles. The summed E-state index contributed by atoms with van der Waals surface area (Å²) in [7, 11) is 7.70. The number of hydrogen-bond donors (Lipinski definition) is 3. The number of benzene rings is 2. The molecule has 3 N–H and O–H groups in total. The van der Waals surface area contributed by atoms with Gasteiger partial charge in [0, 0.05) is 73.7 Å². The lowest BCUT2D eigenvalue weighted by Gasteiger charge is -2.51. The zero-order chi connectivity index (χ0) is 58.8. The Hall–Kier alpha value is -3.96. The molecule has 0 amide bonds. The zero-order valence-corrected chi connectivity index (χ0v) is 48.9. The van der Waals surface area contributed by atoms with E-state index in [1.165, 1.54) is 24.3 Å². The molecule has 22 unspecified atom stereocenters. The second-order valence-electron chi connectivity index (χ2n) is 24.9. The minimum Gasteiger partial charge on any atom is -0.507 e. The van der Waals surface area contributed by atoms with Crippen molar-refractivity contribution in [3.63, 3.8) is 0 Å². The van der Waals surface area contributed by atoms with E-state index in [2.05, 4.69) is 0 Å². The van der Waals surface area contributed by atoms with E-state index < -0.39 is 158 Å². The van der Waals surface area contributed by atoms with Gasteiger partial charge in [0.2, 0.25) is 0 Å². The van der Waals surface area contributed by atoms with Gasteiger partial charge in [-0.25, -0.2) is 0 Å². The predicted octanol–water partition coefficient (Wildman–Crippen LogP) is 4.42. The van der Waals surface area contributed by atoms with Gasteiger partial charge in [-0.1, -0.05) is 19.1 Å². The molecule has 8 fully saturated rings. The second kappa shape index (κ2) is 23.0. The van der Waals surface area contributed by atoms with Crippen LogP contribution in [0.5, 0.6) is 11.5 Å². The number of nitrogens with zero attached hydrogens (tertiary/aromatic N) is 2. The van der Waals surface area contributed by atoms with Crippen molar-refractivity contribution in [1.29, 1.82) is 0 Å². The maximum absolute atomic E-state index is 14.5. The number of phenolic OH excluding ortho intramolecular Hbond substituents is 2. The summed E-state index contributed by atoms with van der Waals surface area (Å²) in [6, 6.07) is 5.07. The number of ketones is 4. The van der Waals surface area contributed by atoms with Crippen molar-refractivity contribution in [3.05, 3.63) is 57.6 Å². The maximum atomic E-state index is 14.5. The van der Waals surface area contributed by atoms with Crippen molar-refractivity contribution >= 4 is 23.1 Å². The largest absolute Gasteiger partial charge is 0.507 e. The van der Waals surface area contributed by atoms with Gasteiger partial charge < -0.3 is 91.4 Å². The van der Waals surface area contributed by atoms with Crippen LogP contribution in [0.1, 0.15) is 155 Å². The smallest absolute Gasteiger partial charge is 0.198 e. The van der Waals surface area contributed by atoms with Gasteiger partial charge in [-0.2, -0.15) is 0 Å². The third-order valence-electron chi connectivity index (χ3n) is 19.0. The topological polar surface area (TPSA) is 265 Å². The summed E-state index contributed by atoms with van der Waals surface area (Å²) in [4.78, 5) is 58.2. The Morgan fingerprint density at radius 2 is 1.05 bits per heavy atom. The monoisotopic (exact) mass is 1160 g/mol. The molecule has 0 spiro atoms. The summed E-state index contributed by atoms with van der Waals surface area (Å²) in [6.45, 7) is 12.7. The maximum Gasteiger partial charge on any atom is 0.198 e. The number of aliphatic hydroxyl groups is 1. The van der Waals surface area contributed by atoms with E-state index in [1.807, 2.05) is 65.7 Å². The van der Waals surface area contributed by atoms with Gasteiger partial charge in [0.25, 0.3) is 0 Å². The van der Waals surface area contributed by atoms with Crippen LogP contribution >= 0.6 is 0 Å². The molecule has 2 aromatic carbocycles. The highest BCUT2D eigenvalue weighted by Gasteiger charge is 2.56. The summed E-state index contributed by atoms with van der Waals surface area (Å²) in [5, 5.41) is 36.8. The number of aromatic hydroxyl groups is 2. The Bertz CT molecular complexity index is 2820. The number of carbonyl (C=O) groups is 4. The van der Waals surface area contributed by atoms with Crippen molar-refractivity contribution in [2.75, 3.05) is 28.2 Å². The highest BCUT2D eigenvalue weighted by atomic mass is 16.8. The molecule has 0 radical (unpaired) electrons. The molecule has 456 valence electrons. The fourth-order valence-corrected chi connectivity index (χ4v) is 14.4. The normalized spacial score (nSPS) is 44.3. The Labute approximate surface area is 482 Å². The molecule has 12 rings (SSSR count). The summed E-state index contributed by atoms with van der Waals surface area (Å²) in [5.41, 5.74) is -2.14. The van der Waals surface area contributed by atoms with Gasteiger partial charge in [0.1, 0.15) is 66.4 Å². The van der Waals surface area contributed by atoms with Crippen LogP contribution in [-0.2, 0) is 75.9 Å². The molecule has 8 saturated heterocycles. The third-order valence-corrected chi connectivity index (χ3v) is 19.0. The molecule has 8 aliphatic heterocycles. The van der Waals surface area contributed by atoms with E-state index >= 15 is 0 Å². The van der Waals surface area contributed by atoms with E-state index in [1.54, 1.807) is 20.8 Å². The van der Waals surface area contributed by atoms with Gasteiger partial charge in [-0.3, -0.25) is 19.2 Å². The SMILES string of the molecule is CC[C@@]1(O)C[C@H](OC2CC(N(C)C)C(OC3CC4OC5CC(=O)C(C)OC5OC4C(C)O3)C(C)O2)c2cc3c(c(O)c2[C@H]1OC1CC(N(C)C)C(OC2CC4OC5CC(=O)C(C)OC5OC4C(C)O2)C(C)O1)C(=O)c1cccc(O)c1C3=O. The minimum absolute atomic E-state index is 0.0461. The average molecular weight is 1170 g/mol. The first-order valence-electron chi connectivity index (χ1n) is 29.6. The Morgan fingerprint density at radius 3 is 1.55 bits per heavy atom. The van der Waals surface area contributed by atoms with Gasteiger partial charge in [-0.05, 0) is 93.9 Å². The molecule has 2 aliphatic carbocycles. The quantitative estimate of drug-likeness (QED) is 0.240. The lowest BCUT2D eigenvalue weighted by molar-refractivity contribution is -0.372. The van der Waals surface area contributed by atoms with Gasteiger partial charge in [0.05, 0.1) is 59.5 Å². The molecule has 10 aliphatic rings. The first-order valence-corrected chi connectivity index (χ1v) is 29.6. The molecule has 0 saturated carbocycles. The molecule has 23 nitrogen and oxygen atoms in total. The van der Waals surface area contributed by atoms with Crippen LogP contribution in [0.15, 0.2) is 24.3 Å². The number of carbonyl (C=O) groups excluding carboxylic acids is 4. The van der Waals surface area contributed by atoms with Crippen LogP contribution in [0.3, 0.4) is 0 Å². The molecule has 2 aromatic rings. The van der Waals surface area contributed by atoms with E-state index in [4.69, 9.17) is 66.3 Å². The fourth-order valence-electron chi connectivity index (χ4n) is 14.4. The Kier molecular flexibility index (Phi) is 16.4. The fraction of sp³-hybridized carbons (Fsp3) is 0.733. The van der Waals surface area contributed by atoms with E-state index in [9.17, 15) is 34.5 Å². The first-order chi connectivity index (χ1) is 39.5. The van der Waals surface area contributed by atoms with Crippen molar-refractivity contribution in [3.8, 4) is 11.5 Å². The number of Topliss-reactive ketones (excluding diaryl/α,β-unsaturated/α-hetero) is 2. The second-order valence-corrected chi connectivity index (χ2v) is 24.9. The highest BCUT2D eigenvalue weighted by Crippen LogP contribution is 2.55. The minimum atomic E-state index is -1.77. The number of hydrogen-bond acceptors (Lipinski definition) is 23. The van der Waals surface area contributed by atoms with Crippen LogP contribution in [-0.4, -0.2) is 217 Å². The van der Waals surface area contributed by atoms with Gasteiger partial charge in [-0.15, -0.1) is 0 Å². The molecule has 83 heavy (non-hydrogen) atoms. The summed E-state index contributed by atoms with van der Waals surface area (Å²) in [6.07, 6.45) is -12.7. The van der Waals surface area contributed by atoms with Gasteiger partial charge in [0.15, 0.2) is 60.9 Å². The number of likely N-dealkylation sites (N-methyl/N-ethyl adjacent to an activating group) is 2. The molecule has 25 atom stereocenters. The first kappa shape index (κ1) is 59.4. The lowest BCUT2D eigenvalue weighted by Crippen LogP contribution is -2.62. The van der Waals surface area contributed by atoms with Crippen molar-refractivity contribution in [2.45, 2.75) is 253 Å². The van der Waals surface area contributed by atoms with Gasteiger partial charge >= 0.3 is 0 Å². The summed E-state index contributed by atoms with van der Waals surface area (Å²) < 4.78 is 91.0. The molecule has 23 heteroatoms. The molecule has 0 bridgehead atoms. The van der Waals surface area contributed by atoms with Crippen LogP contribution in [0, 0.1) is 0 Å². The summed E-state index contributed by atoms with van der Waals surface area (Å²) in [5.74, 6) is -2.40. The van der Waals surface area contributed by atoms with Crippen LogP contribution < -0.4 is 0 Å². The molecular weight excluding hydrogens is 1080 g/mol. The van der Waals surface area contributed by atoms with Crippen LogP contribution in [0.2, 0.25) is 0 Å². The van der Waals surface area contributed by atoms with Crippen molar-refractivity contribution in [2.24, 2.45) is 0 Å². The highest BCUT2D eigenvalue weighted by molar-refractivity contribution is 6.30. The predicted molar refractivity (Wildman–Crippen MR) is 286 cm³/mol. The van der Waals surface area contributed by atoms with E-state index in [0.717, 1.165) is 0 Å². The Balaban J connectivity index is 0.793. The standard InChI is InChI=1S/C60H80N2O21/c1-12-60(69)23-42(78-43-17-33(61(8)9)53(26(4)70-43)79-45-21-38-55(28(6)72-45)82-58-40(76-38)19-36(64)24(2)74-58)31-16-32-48(50(66)30-14-13-15-35(63)47(30)51(32)67)52(68)49(31)57(60)81-44-18-34(62(10)11)54(27(5)71-44)80-46-22-39-56(29(7)73-46)83-59-41(77-39)20-37(65)25(3)75-59/h13-16,24-29,33-34,38-46,53-59,63,68-69H,12,17-23H2,1-11H3/t24?,25?,26?,27?,28?,29?,33?,34?,38?,39?,40?,41?,42-,43?,44?,45?,46?,53?,54?,55?,56?,57+,58?,59?,60+/m0/s1. The molecular formula is C60H80N2O21. The lowest BCUT2D eigenvalue weighted by atomic mass is 9.71. The number of rotatable bonds is 11. The van der Waals surface area contributed by atoms with E-state index in [-0.39, 0.29) is 101 Å².